The van der Waals surface area contributed by atoms with E-state index < -0.39 is 0 Å². The molecule has 2 aromatic rings. The van der Waals surface area contributed by atoms with Crippen LogP contribution in [0.1, 0.15) is 5.56 Å². The second-order valence-electron chi connectivity index (χ2n) is 4.17. The van der Waals surface area contributed by atoms with Crippen LogP contribution in [0.4, 0.5) is 5.69 Å². The highest BCUT2D eigenvalue weighted by atomic mass is 79.9. The minimum atomic E-state index is 0.656. The van der Waals surface area contributed by atoms with Crippen LogP contribution in [0.5, 0.6) is 0 Å². The molecule has 0 fully saturated rings. The Morgan fingerprint density at radius 2 is 1.61 bits per heavy atom. The largest absolute Gasteiger partial charge is 0.366 e. The number of rotatable bonds is 5. The highest BCUT2D eigenvalue weighted by Gasteiger charge is 2.06. The summed E-state index contributed by atoms with van der Waals surface area (Å²) in [5.74, 6) is 0. The predicted molar refractivity (Wildman–Crippen MR) is 80.7 cm³/mol. The minimum Gasteiger partial charge on any atom is -0.366 e. The van der Waals surface area contributed by atoms with Crippen LogP contribution in [-0.2, 0) is 6.54 Å². The highest BCUT2D eigenvalue weighted by Crippen LogP contribution is 2.20. The normalized spacial score (nSPS) is 10.3. The van der Waals surface area contributed by atoms with Gasteiger partial charge >= 0.3 is 0 Å². The Morgan fingerprint density at radius 3 is 2.22 bits per heavy atom. The van der Waals surface area contributed by atoms with Crippen molar-refractivity contribution >= 4 is 21.6 Å². The Kier molecular flexibility index (Phi) is 4.79. The van der Waals surface area contributed by atoms with Gasteiger partial charge in [-0.05, 0) is 29.8 Å². The van der Waals surface area contributed by atoms with Gasteiger partial charge in [-0.1, -0.05) is 46.3 Å². The Balaban J connectivity index is 2.15. The predicted octanol–water partition coefficient (Wildman–Crippen LogP) is 3.41. The van der Waals surface area contributed by atoms with E-state index in [0.717, 1.165) is 17.6 Å². The molecule has 0 radical (unpaired) electrons. The molecule has 0 bridgehead atoms. The fraction of sp³-hybridized carbons (Fsp3) is 0.200. The summed E-state index contributed by atoms with van der Waals surface area (Å²) in [4.78, 5) is 2.29. The first-order valence-corrected chi connectivity index (χ1v) is 6.83. The molecular weight excluding hydrogens is 288 g/mol. The zero-order valence-electron chi connectivity index (χ0n) is 10.2. The minimum absolute atomic E-state index is 0.656. The van der Waals surface area contributed by atoms with Crippen LogP contribution in [-0.4, -0.2) is 13.1 Å². The van der Waals surface area contributed by atoms with Crippen LogP contribution in [0.15, 0.2) is 59.1 Å². The van der Waals surface area contributed by atoms with Crippen LogP contribution in [0.2, 0.25) is 0 Å². The topological polar surface area (TPSA) is 29.3 Å². The van der Waals surface area contributed by atoms with E-state index in [2.05, 4.69) is 69.4 Å². The lowest BCUT2D eigenvalue weighted by Crippen LogP contribution is -2.28. The molecule has 2 aromatic carbocycles. The monoisotopic (exact) mass is 304 g/mol. The van der Waals surface area contributed by atoms with Gasteiger partial charge < -0.3 is 10.6 Å². The first kappa shape index (κ1) is 13.1. The molecule has 2 N–H and O–H groups in total. The lowest BCUT2D eigenvalue weighted by Gasteiger charge is -2.24. The summed E-state index contributed by atoms with van der Waals surface area (Å²) in [5.41, 5.74) is 8.20. The van der Waals surface area contributed by atoms with Gasteiger partial charge in [0.25, 0.3) is 0 Å². The molecule has 0 saturated heterocycles. The third-order valence-electron chi connectivity index (χ3n) is 2.81. The molecule has 0 heterocycles. The summed E-state index contributed by atoms with van der Waals surface area (Å²) >= 11 is 3.46. The van der Waals surface area contributed by atoms with Crippen molar-refractivity contribution in [1.82, 2.24) is 0 Å². The molecule has 3 heteroatoms. The van der Waals surface area contributed by atoms with E-state index in [1.54, 1.807) is 0 Å². The molecule has 18 heavy (non-hydrogen) atoms. The average Bonchev–Trinajstić information content (AvgIpc) is 2.40. The fourth-order valence-corrected chi connectivity index (χ4v) is 2.18. The van der Waals surface area contributed by atoms with Crippen LogP contribution < -0.4 is 10.6 Å². The summed E-state index contributed by atoms with van der Waals surface area (Å²) in [7, 11) is 0. The molecule has 0 aliphatic heterocycles. The van der Waals surface area contributed by atoms with Crippen molar-refractivity contribution in [2.45, 2.75) is 6.54 Å². The number of anilines is 1. The Bertz CT molecular complexity index is 468. The zero-order valence-corrected chi connectivity index (χ0v) is 11.8. The maximum absolute atomic E-state index is 5.70. The van der Waals surface area contributed by atoms with Gasteiger partial charge in [-0.3, -0.25) is 0 Å². The summed E-state index contributed by atoms with van der Waals surface area (Å²) in [6, 6.07) is 18.8. The quantitative estimate of drug-likeness (QED) is 0.917. The van der Waals surface area contributed by atoms with Gasteiger partial charge in [0.2, 0.25) is 0 Å². The molecule has 0 aliphatic carbocycles. The third kappa shape index (κ3) is 3.59. The van der Waals surface area contributed by atoms with Gasteiger partial charge in [-0.15, -0.1) is 0 Å². The van der Waals surface area contributed by atoms with E-state index in [1.165, 1.54) is 11.3 Å². The summed E-state index contributed by atoms with van der Waals surface area (Å²) in [5, 5.41) is 0. The molecule has 0 saturated carbocycles. The molecule has 0 amide bonds. The van der Waals surface area contributed by atoms with Crippen molar-refractivity contribution in [3.8, 4) is 0 Å². The van der Waals surface area contributed by atoms with Crippen LogP contribution in [0, 0.1) is 0 Å². The third-order valence-corrected chi connectivity index (χ3v) is 3.34. The number of nitrogens with two attached hydrogens (primary N) is 1. The number of nitrogens with zero attached hydrogens (tertiary/aromatic N) is 1. The van der Waals surface area contributed by atoms with Crippen LogP contribution in [0.3, 0.4) is 0 Å². The van der Waals surface area contributed by atoms with Gasteiger partial charge in [-0.25, -0.2) is 0 Å². The highest BCUT2D eigenvalue weighted by molar-refractivity contribution is 9.10. The molecule has 0 aromatic heterocycles. The lowest BCUT2D eigenvalue weighted by atomic mass is 10.2. The van der Waals surface area contributed by atoms with E-state index in [1.807, 2.05) is 6.07 Å². The number of halogens is 1. The molecule has 0 atom stereocenters. The summed E-state index contributed by atoms with van der Waals surface area (Å²) in [6.45, 7) is 2.40. The van der Waals surface area contributed by atoms with Crippen molar-refractivity contribution < 1.29 is 0 Å². The Labute approximate surface area is 117 Å². The van der Waals surface area contributed by atoms with Gasteiger partial charge in [0.15, 0.2) is 0 Å². The molecule has 0 spiro atoms. The first-order valence-electron chi connectivity index (χ1n) is 6.04. The van der Waals surface area contributed by atoms with Gasteiger partial charge in [0, 0.05) is 29.8 Å². The first-order chi connectivity index (χ1) is 8.79. The number of hydrogen-bond donors (Lipinski definition) is 1. The van der Waals surface area contributed by atoms with Gasteiger partial charge in [0.05, 0.1) is 0 Å². The van der Waals surface area contributed by atoms with Crippen LogP contribution in [0.25, 0.3) is 0 Å². The Morgan fingerprint density at radius 1 is 0.944 bits per heavy atom. The maximum atomic E-state index is 5.70. The second-order valence-corrected chi connectivity index (χ2v) is 5.09. The van der Waals surface area contributed by atoms with Crippen molar-refractivity contribution in [3.63, 3.8) is 0 Å². The molecular formula is C15H17BrN2. The average molecular weight is 305 g/mol. The van der Waals surface area contributed by atoms with E-state index in [4.69, 9.17) is 5.73 Å². The van der Waals surface area contributed by atoms with E-state index in [-0.39, 0.29) is 0 Å². The lowest BCUT2D eigenvalue weighted by molar-refractivity contribution is 0.790. The molecule has 0 aliphatic rings. The smallest absolute Gasteiger partial charge is 0.0430 e. The van der Waals surface area contributed by atoms with Crippen molar-refractivity contribution in [3.05, 3.63) is 64.6 Å². The fourth-order valence-electron chi connectivity index (χ4n) is 1.91. The van der Waals surface area contributed by atoms with E-state index in [9.17, 15) is 0 Å². The molecule has 94 valence electrons. The Hall–Kier alpha value is -1.32. The number of benzene rings is 2. The summed E-state index contributed by atoms with van der Waals surface area (Å²) < 4.78 is 1.10. The SMILES string of the molecule is NCCN(Cc1ccccc1)c1ccc(Br)cc1. The standard InChI is InChI=1S/C15H17BrN2/c16-14-6-8-15(9-7-14)18(11-10-17)12-13-4-2-1-3-5-13/h1-9H,10-12,17H2. The maximum Gasteiger partial charge on any atom is 0.0430 e. The zero-order chi connectivity index (χ0) is 12.8. The molecule has 0 unspecified atom stereocenters. The summed E-state index contributed by atoms with van der Waals surface area (Å²) in [6.07, 6.45) is 0. The van der Waals surface area contributed by atoms with Gasteiger partial charge in [0.1, 0.15) is 0 Å². The second kappa shape index (κ2) is 6.57. The van der Waals surface area contributed by atoms with Gasteiger partial charge in [-0.2, -0.15) is 0 Å². The van der Waals surface area contributed by atoms with E-state index in [0.29, 0.717) is 6.54 Å². The van der Waals surface area contributed by atoms with Crippen molar-refractivity contribution in [1.29, 1.82) is 0 Å². The van der Waals surface area contributed by atoms with Crippen molar-refractivity contribution in [2.24, 2.45) is 5.73 Å². The van der Waals surface area contributed by atoms with Crippen molar-refractivity contribution in [2.75, 3.05) is 18.0 Å². The van der Waals surface area contributed by atoms with E-state index >= 15 is 0 Å². The number of hydrogen-bond acceptors (Lipinski definition) is 2. The molecule has 2 rings (SSSR count). The van der Waals surface area contributed by atoms with Crippen LogP contribution >= 0.6 is 15.9 Å². The molecule has 2 nitrogen and oxygen atoms in total.